The standard InChI is InChI=1S/C24H23F2N5O/c1-14(2)24(32)30(3)17-7-8-31(13-17)23-22(16-6-4-5-15(9-16)12-27)28-20-10-18(25)19(26)11-21(20)29-23/h4-6,9-11,14,17H,7-8,13H2,1-3H3/t17-/m0/s1. The van der Waals surface area contributed by atoms with Gasteiger partial charge in [-0.2, -0.15) is 5.26 Å². The average molecular weight is 435 g/mol. The third kappa shape index (κ3) is 3.98. The summed E-state index contributed by atoms with van der Waals surface area (Å²) in [4.78, 5) is 25.5. The van der Waals surface area contributed by atoms with Crippen LogP contribution in [0.1, 0.15) is 25.8 Å². The molecular weight excluding hydrogens is 412 g/mol. The van der Waals surface area contributed by atoms with E-state index in [4.69, 9.17) is 0 Å². The number of anilines is 1. The molecule has 0 spiro atoms. The van der Waals surface area contributed by atoms with Gasteiger partial charge in [-0.25, -0.2) is 18.7 Å². The van der Waals surface area contributed by atoms with Crippen molar-refractivity contribution in [2.75, 3.05) is 25.0 Å². The van der Waals surface area contributed by atoms with E-state index in [1.54, 1.807) is 30.1 Å². The van der Waals surface area contributed by atoms with Crippen molar-refractivity contribution in [2.24, 2.45) is 5.92 Å². The van der Waals surface area contributed by atoms with Gasteiger partial charge in [0.25, 0.3) is 0 Å². The van der Waals surface area contributed by atoms with Crippen LogP contribution >= 0.6 is 0 Å². The molecule has 0 bridgehead atoms. The average Bonchev–Trinajstić information content (AvgIpc) is 3.28. The fourth-order valence-electron chi connectivity index (χ4n) is 4.03. The lowest BCUT2D eigenvalue weighted by atomic mass is 10.1. The first-order valence-electron chi connectivity index (χ1n) is 10.5. The number of amides is 1. The second kappa shape index (κ2) is 8.50. The van der Waals surface area contributed by atoms with Gasteiger partial charge in [-0.1, -0.05) is 26.0 Å². The summed E-state index contributed by atoms with van der Waals surface area (Å²) in [6, 6.07) is 11.1. The monoisotopic (exact) mass is 435 g/mol. The molecule has 1 aliphatic rings. The zero-order valence-electron chi connectivity index (χ0n) is 18.1. The lowest BCUT2D eigenvalue weighted by Crippen LogP contribution is -2.41. The number of carbonyl (C=O) groups excluding carboxylic acids is 1. The van der Waals surface area contributed by atoms with E-state index in [0.29, 0.717) is 35.7 Å². The van der Waals surface area contributed by atoms with Gasteiger partial charge in [0.2, 0.25) is 5.91 Å². The van der Waals surface area contributed by atoms with Crippen LogP contribution in [0.4, 0.5) is 14.6 Å². The van der Waals surface area contributed by atoms with E-state index in [-0.39, 0.29) is 28.9 Å². The van der Waals surface area contributed by atoms with Crippen molar-refractivity contribution in [3.8, 4) is 17.3 Å². The van der Waals surface area contributed by atoms with E-state index in [0.717, 1.165) is 18.6 Å². The van der Waals surface area contributed by atoms with Crippen LogP contribution in [0.25, 0.3) is 22.3 Å². The topological polar surface area (TPSA) is 73.1 Å². The van der Waals surface area contributed by atoms with Crippen molar-refractivity contribution in [3.63, 3.8) is 0 Å². The summed E-state index contributed by atoms with van der Waals surface area (Å²) in [5.74, 6) is -1.49. The molecule has 0 unspecified atom stereocenters. The maximum atomic E-state index is 13.9. The molecule has 1 aromatic heterocycles. The van der Waals surface area contributed by atoms with Crippen LogP contribution in [0.15, 0.2) is 36.4 Å². The van der Waals surface area contributed by atoms with Crippen molar-refractivity contribution in [1.82, 2.24) is 14.9 Å². The van der Waals surface area contributed by atoms with Gasteiger partial charge in [-0.3, -0.25) is 4.79 Å². The van der Waals surface area contributed by atoms with E-state index in [1.165, 1.54) is 0 Å². The minimum absolute atomic E-state index is 0.00523. The molecule has 2 heterocycles. The first-order valence-corrected chi connectivity index (χ1v) is 10.5. The summed E-state index contributed by atoms with van der Waals surface area (Å²) in [6.45, 7) is 4.92. The number of hydrogen-bond acceptors (Lipinski definition) is 5. The number of halogens is 2. The van der Waals surface area contributed by atoms with Crippen LogP contribution < -0.4 is 4.90 Å². The molecular formula is C24H23F2N5O. The highest BCUT2D eigenvalue weighted by Gasteiger charge is 2.32. The van der Waals surface area contributed by atoms with Crippen molar-refractivity contribution in [2.45, 2.75) is 26.3 Å². The Labute approximate surface area is 185 Å². The molecule has 4 rings (SSSR count). The number of hydrogen-bond donors (Lipinski definition) is 0. The maximum Gasteiger partial charge on any atom is 0.225 e. The van der Waals surface area contributed by atoms with Crippen LogP contribution in [0.2, 0.25) is 0 Å². The first-order chi connectivity index (χ1) is 15.3. The SMILES string of the molecule is CC(C)C(=O)N(C)[C@H]1CCN(c2nc3cc(F)c(F)cc3nc2-c2cccc(C#N)c2)C1. The smallest absolute Gasteiger partial charge is 0.225 e. The van der Waals surface area contributed by atoms with E-state index in [2.05, 4.69) is 16.0 Å². The number of fused-ring (bicyclic) bond motifs is 1. The van der Waals surface area contributed by atoms with E-state index < -0.39 is 11.6 Å². The Morgan fingerprint density at radius 2 is 1.88 bits per heavy atom. The molecule has 2 aromatic carbocycles. The normalized spacial score (nSPS) is 15.9. The molecule has 1 saturated heterocycles. The van der Waals surface area contributed by atoms with Gasteiger partial charge in [0, 0.05) is 43.8 Å². The lowest BCUT2D eigenvalue weighted by Gasteiger charge is -2.27. The summed E-state index contributed by atoms with van der Waals surface area (Å²) in [7, 11) is 1.80. The molecule has 6 nitrogen and oxygen atoms in total. The zero-order chi connectivity index (χ0) is 23.0. The first kappa shape index (κ1) is 21.6. The Morgan fingerprint density at radius 3 is 2.53 bits per heavy atom. The van der Waals surface area contributed by atoms with Gasteiger partial charge in [0.1, 0.15) is 5.69 Å². The van der Waals surface area contributed by atoms with Gasteiger partial charge in [0.05, 0.1) is 28.7 Å². The number of benzene rings is 2. The van der Waals surface area contributed by atoms with E-state index >= 15 is 0 Å². The highest BCUT2D eigenvalue weighted by atomic mass is 19.2. The maximum absolute atomic E-state index is 13.9. The Balaban J connectivity index is 1.80. The quantitative estimate of drug-likeness (QED) is 0.616. The van der Waals surface area contributed by atoms with Gasteiger partial charge < -0.3 is 9.80 Å². The van der Waals surface area contributed by atoms with Crippen molar-refractivity contribution in [1.29, 1.82) is 5.26 Å². The van der Waals surface area contributed by atoms with Crippen LogP contribution in [-0.4, -0.2) is 47.0 Å². The summed E-state index contributed by atoms with van der Waals surface area (Å²) in [5, 5.41) is 9.30. The Morgan fingerprint density at radius 1 is 1.19 bits per heavy atom. The molecule has 0 aliphatic carbocycles. The summed E-state index contributed by atoms with van der Waals surface area (Å²) < 4.78 is 27.7. The molecule has 32 heavy (non-hydrogen) atoms. The summed E-state index contributed by atoms with van der Waals surface area (Å²) >= 11 is 0. The van der Waals surface area contributed by atoms with Crippen LogP contribution in [-0.2, 0) is 4.79 Å². The van der Waals surface area contributed by atoms with Crippen LogP contribution in [0.5, 0.6) is 0 Å². The predicted molar refractivity (Wildman–Crippen MR) is 118 cm³/mol. The van der Waals surface area contributed by atoms with Crippen LogP contribution in [0.3, 0.4) is 0 Å². The lowest BCUT2D eigenvalue weighted by molar-refractivity contribution is -0.134. The van der Waals surface area contributed by atoms with E-state index in [9.17, 15) is 18.8 Å². The molecule has 0 N–H and O–H groups in total. The van der Waals surface area contributed by atoms with Crippen molar-refractivity contribution in [3.05, 3.63) is 53.6 Å². The fourth-order valence-corrected chi connectivity index (χ4v) is 4.03. The fraction of sp³-hybridized carbons (Fsp3) is 0.333. The number of rotatable bonds is 4. The Bertz CT molecular complexity index is 1240. The number of carbonyl (C=O) groups is 1. The molecule has 8 heteroatoms. The van der Waals surface area contributed by atoms with Gasteiger partial charge in [0.15, 0.2) is 17.5 Å². The van der Waals surface area contributed by atoms with Gasteiger partial charge in [-0.15, -0.1) is 0 Å². The van der Waals surface area contributed by atoms with Crippen molar-refractivity contribution >= 4 is 22.8 Å². The minimum Gasteiger partial charge on any atom is -0.353 e. The van der Waals surface area contributed by atoms with Crippen LogP contribution in [0, 0.1) is 28.9 Å². The molecule has 0 saturated carbocycles. The minimum atomic E-state index is -0.994. The number of aromatic nitrogens is 2. The largest absolute Gasteiger partial charge is 0.353 e. The summed E-state index contributed by atoms with van der Waals surface area (Å²) in [6.07, 6.45) is 0.754. The predicted octanol–water partition coefficient (Wildman–Crippen LogP) is 4.14. The third-order valence-corrected chi connectivity index (χ3v) is 5.81. The summed E-state index contributed by atoms with van der Waals surface area (Å²) in [5.41, 5.74) is 2.08. The molecule has 0 radical (unpaired) electrons. The highest BCUT2D eigenvalue weighted by Crippen LogP contribution is 2.33. The Hall–Kier alpha value is -3.60. The molecule has 1 atom stereocenters. The van der Waals surface area contributed by atoms with Gasteiger partial charge in [-0.05, 0) is 18.6 Å². The third-order valence-electron chi connectivity index (χ3n) is 5.81. The second-order valence-electron chi connectivity index (χ2n) is 8.34. The molecule has 1 fully saturated rings. The molecule has 164 valence electrons. The molecule has 1 amide bonds. The van der Waals surface area contributed by atoms with Crippen molar-refractivity contribution < 1.29 is 13.6 Å². The zero-order valence-corrected chi connectivity index (χ0v) is 18.1. The number of nitrogens with zero attached hydrogens (tertiary/aromatic N) is 5. The molecule has 3 aromatic rings. The second-order valence-corrected chi connectivity index (χ2v) is 8.34. The van der Waals surface area contributed by atoms with Gasteiger partial charge >= 0.3 is 0 Å². The number of nitriles is 1. The molecule has 1 aliphatic heterocycles. The highest BCUT2D eigenvalue weighted by molar-refractivity contribution is 5.84. The van der Waals surface area contributed by atoms with E-state index in [1.807, 2.05) is 24.8 Å². The Kier molecular flexibility index (Phi) is 5.74. The number of likely N-dealkylation sites (N-methyl/N-ethyl adjacent to an activating group) is 1.